The lowest BCUT2D eigenvalue weighted by Crippen LogP contribution is -2.05. The van der Waals surface area contributed by atoms with Gasteiger partial charge in [-0.3, -0.25) is 0 Å². The molecule has 0 bridgehead atoms. The SMILES string of the molecule is COc1ccc(F)cc1CNc1cccc(F)c1N. The molecule has 0 atom stereocenters. The lowest BCUT2D eigenvalue weighted by atomic mass is 10.2. The highest BCUT2D eigenvalue weighted by atomic mass is 19.1. The van der Waals surface area contributed by atoms with Crippen LogP contribution in [0.5, 0.6) is 5.75 Å². The molecule has 0 aromatic heterocycles. The van der Waals surface area contributed by atoms with Gasteiger partial charge in [0, 0.05) is 12.1 Å². The third-order valence-corrected chi connectivity index (χ3v) is 2.76. The number of benzene rings is 2. The summed E-state index contributed by atoms with van der Waals surface area (Å²) in [7, 11) is 1.51. The van der Waals surface area contributed by atoms with E-state index in [2.05, 4.69) is 5.32 Å². The van der Waals surface area contributed by atoms with Gasteiger partial charge in [0.2, 0.25) is 0 Å². The molecule has 0 unspecified atom stereocenters. The molecule has 2 rings (SSSR count). The molecule has 2 aromatic carbocycles. The molecular formula is C14H14F2N2O. The minimum atomic E-state index is -0.490. The molecule has 0 radical (unpaired) electrons. The van der Waals surface area contributed by atoms with Crippen LogP contribution in [0, 0.1) is 11.6 Å². The minimum absolute atomic E-state index is 0.0397. The maximum Gasteiger partial charge on any atom is 0.148 e. The number of nitrogens with two attached hydrogens (primary N) is 1. The zero-order valence-electron chi connectivity index (χ0n) is 10.4. The molecular weight excluding hydrogens is 250 g/mol. The van der Waals surface area contributed by atoms with Gasteiger partial charge in [0.15, 0.2) is 0 Å². The van der Waals surface area contributed by atoms with Crippen molar-refractivity contribution in [2.45, 2.75) is 6.54 Å². The Hall–Kier alpha value is -2.30. The molecule has 2 aromatic rings. The number of anilines is 2. The Morgan fingerprint density at radius 1 is 1.21 bits per heavy atom. The summed E-state index contributed by atoms with van der Waals surface area (Å²) >= 11 is 0. The summed E-state index contributed by atoms with van der Waals surface area (Å²) in [5.74, 6) is -0.287. The van der Waals surface area contributed by atoms with E-state index in [-0.39, 0.29) is 18.0 Å². The van der Waals surface area contributed by atoms with Crippen molar-refractivity contribution in [3.05, 3.63) is 53.6 Å². The number of hydrogen-bond acceptors (Lipinski definition) is 3. The van der Waals surface area contributed by atoms with Crippen LogP contribution in [-0.4, -0.2) is 7.11 Å². The van der Waals surface area contributed by atoms with Gasteiger partial charge in [-0.2, -0.15) is 0 Å². The number of nitrogen functional groups attached to an aromatic ring is 1. The molecule has 0 aliphatic carbocycles. The summed E-state index contributed by atoms with van der Waals surface area (Å²) in [5.41, 5.74) is 6.74. The molecule has 3 N–H and O–H groups in total. The van der Waals surface area contributed by atoms with E-state index in [1.807, 2.05) is 0 Å². The fourth-order valence-corrected chi connectivity index (χ4v) is 1.77. The Labute approximate surface area is 110 Å². The molecule has 19 heavy (non-hydrogen) atoms. The zero-order valence-corrected chi connectivity index (χ0v) is 10.4. The van der Waals surface area contributed by atoms with Crippen LogP contribution < -0.4 is 15.8 Å². The molecule has 3 nitrogen and oxygen atoms in total. The molecule has 100 valence electrons. The van der Waals surface area contributed by atoms with Crippen molar-refractivity contribution < 1.29 is 13.5 Å². The summed E-state index contributed by atoms with van der Waals surface area (Å²) in [4.78, 5) is 0. The highest BCUT2D eigenvalue weighted by Crippen LogP contribution is 2.24. The monoisotopic (exact) mass is 264 g/mol. The smallest absolute Gasteiger partial charge is 0.148 e. The third kappa shape index (κ3) is 2.93. The lowest BCUT2D eigenvalue weighted by Gasteiger charge is -2.12. The lowest BCUT2D eigenvalue weighted by molar-refractivity contribution is 0.409. The summed E-state index contributed by atoms with van der Waals surface area (Å²) in [6.07, 6.45) is 0. The third-order valence-electron chi connectivity index (χ3n) is 2.76. The first kappa shape index (κ1) is 13.1. The maximum absolute atomic E-state index is 13.3. The number of ether oxygens (including phenoxy) is 1. The molecule has 0 aliphatic heterocycles. The van der Waals surface area contributed by atoms with Gasteiger partial charge >= 0.3 is 0 Å². The molecule has 0 spiro atoms. The number of methoxy groups -OCH3 is 1. The zero-order chi connectivity index (χ0) is 13.8. The van der Waals surface area contributed by atoms with Crippen LogP contribution in [0.4, 0.5) is 20.2 Å². The quantitative estimate of drug-likeness (QED) is 0.834. The van der Waals surface area contributed by atoms with Crippen molar-refractivity contribution in [2.75, 3.05) is 18.2 Å². The normalized spacial score (nSPS) is 10.3. The van der Waals surface area contributed by atoms with Gasteiger partial charge in [0.1, 0.15) is 17.4 Å². The van der Waals surface area contributed by atoms with Crippen molar-refractivity contribution in [3.8, 4) is 5.75 Å². The van der Waals surface area contributed by atoms with E-state index in [9.17, 15) is 8.78 Å². The van der Waals surface area contributed by atoms with Crippen LogP contribution in [0.15, 0.2) is 36.4 Å². The number of hydrogen-bond donors (Lipinski definition) is 2. The molecule has 0 amide bonds. The van der Waals surface area contributed by atoms with Crippen LogP contribution in [0.1, 0.15) is 5.56 Å². The Bertz CT molecular complexity index is 588. The largest absolute Gasteiger partial charge is 0.496 e. The maximum atomic E-state index is 13.3. The van der Waals surface area contributed by atoms with Gasteiger partial charge < -0.3 is 15.8 Å². The van der Waals surface area contributed by atoms with E-state index in [1.165, 1.54) is 25.3 Å². The van der Waals surface area contributed by atoms with Crippen LogP contribution >= 0.6 is 0 Å². The van der Waals surface area contributed by atoms with E-state index in [4.69, 9.17) is 10.5 Å². The molecule has 0 saturated heterocycles. The summed E-state index contributed by atoms with van der Waals surface area (Å²) in [6, 6.07) is 8.71. The van der Waals surface area contributed by atoms with Crippen LogP contribution in [0.3, 0.4) is 0 Å². The second-order valence-electron chi connectivity index (χ2n) is 4.01. The van der Waals surface area contributed by atoms with Crippen LogP contribution in [0.2, 0.25) is 0 Å². The summed E-state index contributed by atoms with van der Waals surface area (Å²) in [5, 5.41) is 2.96. The van der Waals surface area contributed by atoms with Gasteiger partial charge in [-0.15, -0.1) is 0 Å². The average Bonchev–Trinajstić information content (AvgIpc) is 2.40. The molecule has 5 heteroatoms. The summed E-state index contributed by atoms with van der Waals surface area (Å²) < 4.78 is 31.6. The summed E-state index contributed by atoms with van der Waals surface area (Å²) in [6.45, 7) is 0.286. The van der Waals surface area contributed by atoms with Crippen molar-refractivity contribution in [1.29, 1.82) is 0 Å². The Morgan fingerprint density at radius 2 is 2.00 bits per heavy atom. The van der Waals surface area contributed by atoms with Crippen LogP contribution in [-0.2, 0) is 6.54 Å². The van der Waals surface area contributed by atoms with E-state index >= 15 is 0 Å². The Balaban J connectivity index is 2.18. The van der Waals surface area contributed by atoms with Crippen molar-refractivity contribution in [3.63, 3.8) is 0 Å². The Kier molecular flexibility index (Phi) is 3.85. The van der Waals surface area contributed by atoms with E-state index < -0.39 is 5.82 Å². The fraction of sp³-hybridized carbons (Fsp3) is 0.143. The first-order valence-electron chi connectivity index (χ1n) is 5.72. The minimum Gasteiger partial charge on any atom is -0.496 e. The molecule has 0 fully saturated rings. The van der Waals surface area contributed by atoms with Crippen molar-refractivity contribution in [2.24, 2.45) is 0 Å². The second kappa shape index (κ2) is 5.56. The predicted octanol–water partition coefficient (Wildman–Crippen LogP) is 3.17. The Morgan fingerprint density at radius 3 is 2.74 bits per heavy atom. The number of para-hydroxylation sites is 1. The van der Waals surface area contributed by atoms with Crippen molar-refractivity contribution >= 4 is 11.4 Å². The van der Waals surface area contributed by atoms with Crippen LogP contribution in [0.25, 0.3) is 0 Å². The first-order chi connectivity index (χ1) is 9.11. The molecule has 0 aliphatic rings. The van der Waals surface area contributed by atoms with Gasteiger partial charge in [0.05, 0.1) is 18.5 Å². The highest BCUT2D eigenvalue weighted by Gasteiger charge is 2.07. The van der Waals surface area contributed by atoms with Gasteiger partial charge in [-0.25, -0.2) is 8.78 Å². The van der Waals surface area contributed by atoms with E-state index in [0.29, 0.717) is 17.0 Å². The second-order valence-corrected chi connectivity index (χ2v) is 4.01. The fourth-order valence-electron chi connectivity index (χ4n) is 1.77. The van der Waals surface area contributed by atoms with E-state index in [1.54, 1.807) is 18.2 Å². The number of nitrogens with one attached hydrogen (secondary N) is 1. The predicted molar refractivity (Wildman–Crippen MR) is 71.1 cm³/mol. The highest BCUT2D eigenvalue weighted by molar-refractivity contribution is 5.66. The average molecular weight is 264 g/mol. The van der Waals surface area contributed by atoms with Gasteiger partial charge in [0.25, 0.3) is 0 Å². The topological polar surface area (TPSA) is 47.3 Å². The van der Waals surface area contributed by atoms with Gasteiger partial charge in [-0.1, -0.05) is 6.07 Å². The first-order valence-corrected chi connectivity index (χ1v) is 5.72. The number of halogens is 2. The number of rotatable bonds is 4. The van der Waals surface area contributed by atoms with Crippen molar-refractivity contribution in [1.82, 2.24) is 0 Å². The molecule has 0 heterocycles. The van der Waals surface area contributed by atoms with Gasteiger partial charge in [-0.05, 0) is 30.3 Å². The molecule has 0 saturated carbocycles. The van der Waals surface area contributed by atoms with E-state index in [0.717, 1.165) is 0 Å². The standard InChI is InChI=1S/C14H14F2N2O/c1-19-13-6-5-10(15)7-9(13)8-18-12-4-2-3-11(16)14(12)17/h2-7,18H,8,17H2,1H3.